The van der Waals surface area contributed by atoms with E-state index in [2.05, 4.69) is 5.10 Å². The van der Waals surface area contributed by atoms with Crippen LogP contribution >= 0.6 is 23.2 Å². The standard InChI is InChI=1S/C15H17Cl2FN2O/c1-3-12-15(17)13(20(4-2)19-12)8-14(21)9-5-10(16)7-11(18)6-9/h5-7,14,21H,3-4,8H2,1-2H3. The van der Waals surface area contributed by atoms with E-state index >= 15 is 0 Å². The second-order valence-electron chi connectivity index (χ2n) is 4.80. The highest BCUT2D eigenvalue weighted by Gasteiger charge is 2.19. The molecule has 114 valence electrons. The first-order chi connectivity index (χ1) is 9.96. The molecule has 2 aromatic rings. The Morgan fingerprint density at radius 3 is 2.57 bits per heavy atom. The van der Waals surface area contributed by atoms with E-state index in [0.29, 0.717) is 17.1 Å². The lowest BCUT2D eigenvalue weighted by molar-refractivity contribution is 0.175. The van der Waals surface area contributed by atoms with Crippen molar-refractivity contribution in [3.63, 3.8) is 0 Å². The Labute approximate surface area is 133 Å². The summed E-state index contributed by atoms with van der Waals surface area (Å²) >= 11 is 12.1. The van der Waals surface area contributed by atoms with Crippen LogP contribution in [-0.2, 0) is 19.4 Å². The van der Waals surface area contributed by atoms with Crippen molar-refractivity contribution in [1.82, 2.24) is 9.78 Å². The number of halogens is 3. The Kier molecular flexibility index (Phi) is 5.25. The average molecular weight is 331 g/mol. The minimum Gasteiger partial charge on any atom is -0.388 e. The van der Waals surface area contributed by atoms with Gasteiger partial charge in [-0.25, -0.2) is 4.39 Å². The number of nitrogens with zero attached hydrogens (tertiary/aromatic N) is 2. The fourth-order valence-corrected chi connectivity index (χ4v) is 2.86. The van der Waals surface area contributed by atoms with Crippen LogP contribution in [0.15, 0.2) is 18.2 Å². The highest BCUT2D eigenvalue weighted by molar-refractivity contribution is 6.32. The van der Waals surface area contributed by atoms with Crippen molar-refractivity contribution in [2.45, 2.75) is 39.3 Å². The lowest BCUT2D eigenvalue weighted by atomic mass is 10.0. The molecule has 0 spiro atoms. The van der Waals surface area contributed by atoms with E-state index in [1.54, 1.807) is 10.7 Å². The van der Waals surface area contributed by atoms with Gasteiger partial charge in [-0.05, 0) is 37.1 Å². The van der Waals surface area contributed by atoms with Crippen LogP contribution in [0, 0.1) is 5.82 Å². The molecule has 0 aliphatic heterocycles. The second-order valence-corrected chi connectivity index (χ2v) is 5.61. The van der Waals surface area contributed by atoms with Crippen molar-refractivity contribution >= 4 is 23.2 Å². The number of hydrogen-bond acceptors (Lipinski definition) is 2. The van der Waals surface area contributed by atoms with E-state index < -0.39 is 11.9 Å². The number of hydrogen-bond donors (Lipinski definition) is 1. The number of aromatic nitrogens is 2. The number of aliphatic hydroxyl groups excluding tert-OH is 1. The monoisotopic (exact) mass is 330 g/mol. The molecular weight excluding hydrogens is 314 g/mol. The molecule has 0 bridgehead atoms. The summed E-state index contributed by atoms with van der Waals surface area (Å²) in [5, 5.41) is 15.6. The van der Waals surface area contributed by atoms with Gasteiger partial charge in [0.25, 0.3) is 0 Å². The Hall–Kier alpha value is -1.10. The van der Waals surface area contributed by atoms with E-state index in [1.165, 1.54) is 12.1 Å². The third-order valence-electron chi connectivity index (χ3n) is 3.35. The SMILES string of the molecule is CCc1nn(CC)c(CC(O)c2cc(F)cc(Cl)c2)c1Cl. The summed E-state index contributed by atoms with van der Waals surface area (Å²) < 4.78 is 15.1. The molecular formula is C15H17Cl2FN2O. The normalized spacial score (nSPS) is 12.7. The van der Waals surface area contributed by atoms with Gasteiger partial charge in [-0.3, -0.25) is 4.68 Å². The Morgan fingerprint density at radius 2 is 2.00 bits per heavy atom. The average Bonchev–Trinajstić information content (AvgIpc) is 2.74. The first-order valence-electron chi connectivity index (χ1n) is 6.84. The van der Waals surface area contributed by atoms with E-state index in [9.17, 15) is 9.50 Å². The van der Waals surface area contributed by atoms with Crippen LogP contribution in [0.1, 0.15) is 36.9 Å². The summed E-state index contributed by atoms with van der Waals surface area (Å²) in [5.41, 5.74) is 1.99. The molecule has 0 radical (unpaired) electrons. The molecule has 1 aromatic carbocycles. The number of aliphatic hydroxyl groups is 1. The van der Waals surface area contributed by atoms with Crippen LogP contribution < -0.4 is 0 Å². The highest BCUT2D eigenvalue weighted by atomic mass is 35.5. The molecule has 1 atom stereocenters. The fraction of sp³-hybridized carbons (Fsp3) is 0.400. The van der Waals surface area contributed by atoms with Crippen molar-refractivity contribution in [1.29, 1.82) is 0 Å². The van der Waals surface area contributed by atoms with Gasteiger partial charge in [0.2, 0.25) is 0 Å². The van der Waals surface area contributed by atoms with Crippen molar-refractivity contribution < 1.29 is 9.50 Å². The van der Waals surface area contributed by atoms with Gasteiger partial charge in [0.1, 0.15) is 5.82 Å². The number of rotatable bonds is 5. The zero-order valence-corrected chi connectivity index (χ0v) is 13.4. The highest BCUT2D eigenvalue weighted by Crippen LogP contribution is 2.28. The van der Waals surface area contributed by atoms with E-state index in [0.717, 1.165) is 17.8 Å². The van der Waals surface area contributed by atoms with Crippen LogP contribution in [0.2, 0.25) is 10.0 Å². The molecule has 1 heterocycles. The topological polar surface area (TPSA) is 38.0 Å². The molecule has 0 saturated heterocycles. The molecule has 2 rings (SSSR count). The Balaban J connectivity index is 2.30. The predicted molar refractivity (Wildman–Crippen MR) is 82.4 cm³/mol. The maximum atomic E-state index is 13.4. The van der Waals surface area contributed by atoms with Crippen LogP contribution in [-0.4, -0.2) is 14.9 Å². The summed E-state index contributed by atoms with van der Waals surface area (Å²) in [6.07, 6.45) is 0.0996. The van der Waals surface area contributed by atoms with Crippen LogP contribution in [0.25, 0.3) is 0 Å². The summed E-state index contributed by atoms with van der Waals surface area (Å²) in [5.74, 6) is -0.471. The first kappa shape index (κ1) is 16.3. The number of aryl methyl sites for hydroxylation is 2. The maximum absolute atomic E-state index is 13.4. The van der Waals surface area contributed by atoms with E-state index in [-0.39, 0.29) is 11.4 Å². The summed E-state index contributed by atoms with van der Waals surface area (Å²) in [6.45, 7) is 4.59. The minimum absolute atomic E-state index is 0.258. The molecule has 1 N–H and O–H groups in total. The van der Waals surface area contributed by atoms with Gasteiger partial charge >= 0.3 is 0 Å². The molecule has 21 heavy (non-hydrogen) atoms. The van der Waals surface area contributed by atoms with Crippen molar-refractivity contribution in [3.05, 3.63) is 51.0 Å². The van der Waals surface area contributed by atoms with Gasteiger partial charge in [0.15, 0.2) is 0 Å². The summed E-state index contributed by atoms with van der Waals surface area (Å²) in [7, 11) is 0. The Bertz CT molecular complexity index is 623. The molecule has 6 heteroatoms. The van der Waals surface area contributed by atoms with Crippen LogP contribution in [0.5, 0.6) is 0 Å². The fourth-order valence-electron chi connectivity index (χ4n) is 2.28. The van der Waals surface area contributed by atoms with Crippen molar-refractivity contribution in [2.24, 2.45) is 0 Å². The third-order valence-corrected chi connectivity index (χ3v) is 4.01. The van der Waals surface area contributed by atoms with Gasteiger partial charge < -0.3 is 5.11 Å². The smallest absolute Gasteiger partial charge is 0.125 e. The van der Waals surface area contributed by atoms with Crippen LogP contribution in [0.3, 0.4) is 0 Å². The molecule has 0 aliphatic rings. The summed E-state index contributed by atoms with van der Waals surface area (Å²) in [6, 6.07) is 4.03. The molecule has 1 aromatic heterocycles. The molecule has 0 amide bonds. The molecule has 3 nitrogen and oxygen atoms in total. The predicted octanol–water partition coefficient (Wildman–Crippen LogP) is 4.19. The number of benzene rings is 1. The lowest BCUT2D eigenvalue weighted by Crippen LogP contribution is -2.09. The van der Waals surface area contributed by atoms with E-state index in [1.807, 2.05) is 13.8 Å². The zero-order chi connectivity index (χ0) is 15.6. The quantitative estimate of drug-likeness (QED) is 0.892. The van der Waals surface area contributed by atoms with E-state index in [4.69, 9.17) is 23.2 Å². The van der Waals surface area contributed by atoms with Gasteiger partial charge in [-0.2, -0.15) is 5.10 Å². The molecule has 0 aliphatic carbocycles. The van der Waals surface area contributed by atoms with Gasteiger partial charge in [0.05, 0.1) is 22.5 Å². The maximum Gasteiger partial charge on any atom is 0.125 e. The zero-order valence-electron chi connectivity index (χ0n) is 11.9. The van der Waals surface area contributed by atoms with Gasteiger partial charge in [-0.15, -0.1) is 0 Å². The molecule has 0 saturated carbocycles. The third kappa shape index (κ3) is 3.57. The summed E-state index contributed by atoms with van der Waals surface area (Å²) in [4.78, 5) is 0. The first-order valence-corrected chi connectivity index (χ1v) is 7.59. The Morgan fingerprint density at radius 1 is 1.29 bits per heavy atom. The van der Waals surface area contributed by atoms with Crippen molar-refractivity contribution in [3.8, 4) is 0 Å². The van der Waals surface area contributed by atoms with Crippen LogP contribution in [0.4, 0.5) is 4.39 Å². The van der Waals surface area contributed by atoms with Crippen molar-refractivity contribution in [2.75, 3.05) is 0 Å². The minimum atomic E-state index is -0.887. The molecule has 0 fully saturated rings. The molecule has 1 unspecified atom stereocenters. The lowest BCUT2D eigenvalue weighted by Gasteiger charge is -2.13. The second kappa shape index (κ2) is 6.77. The van der Waals surface area contributed by atoms with Gasteiger partial charge in [0, 0.05) is 18.0 Å². The largest absolute Gasteiger partial charge is 0.388 e. The van der Waals surface area contributed by atoms with Gasteiger partial charge in [-0.1, -0.05) is 30.1 Å².